The maximum atomic E-state index is 8.89. The van der Waals surface area contributed by atoms with E-state index in [1.54, 1.807) is 0 Å². The summed E-state index contributed by atoms with van der Waals surface area (Å²) in [6.07, 6.45) is 4.30. The third-order valence-electron chi connectivity index (χ3n) is 1.90. The Balaban J connectivity index is 0.000000261. The van der Waals surface area contributed by atoms with Crippen LogP contribution in [0.3, 0.4) is 0 Å². The Hall–Kier alpha value is -0.570. The summed E-state index contributed by atoms with van der Waals surface area (Å²) in [4.78, 5) is 11.4. The lowest BCUT2D eigenvalue weighted by atomic mass is 10.1. The van der Waals surface area contributed by atoms with Gasteiger partial charge in [0.2, 0.25) is 0 Å². The molecule has 1 heterocycles. The summed E-state index contributed by atoms with van der Waals surface area (Å²) < 4.78 is 0. The second-order valence-electron chi connectivity index (χ2n) is 2.99. The van der Waals surface area contributed by atoms with Crippen LogP contribution in [0.25, 0.3) is 0 Å². The quantitative estimate of drug-likeness (QED) is 0.569. The molecule has 3 nitrogen and oxygen atoms in total. The van der Waals surface area contributed by atoms with Gasteiger partial charge in [0.25, 0.3) is 0 Å². The highest BCUT2D eigenvalue weighted by atomic mass is 16.4. The summed E-state index contributed by atoms with van der Waals surface area (Å²) in [6.45, 7) is 7.15. The van der Waals surface area contributed by atoms with E-state index in [-0.39, 0.29) is 0 Å². The van der Waals surface area contributed by atoms with Gasteiger partial charge >= 0.3 is 0 Å². The molecule has 0 atom stereocenters. The molecular formula is C9H18NO2-. The van der Waals surface area contributed by atoms with Crippen LogP contribution >= 0.6 is 0 Å². The first-order valence-corrected chi connectivity index (χ1v) is 4.56. The van der Waals surface area contributed by atoms with Gasteiger partial charge in [0.15, 0.2) is 0 Å². The standard InChI is InChI=1S/C7H15N.C2H4O2/c1-2-8-6-4-3-5-7-8;1-2(3)4/h2-7H2,1H3;1H3,(H,3,4)/p-1. The maximum absolute atomic E-state index is 8.89. The zero-order chi connectivity index (χ0) is 9.40. The minimum Gasteiger partial charge on any atom is -0.550 e. The molecule has 0 aliphatic carbocycles. The first-order valence-electron chi connectivity index (χ1n) is 4.56. The molecule has 0 radical (unpaired) electrons. The number of carbonyl (C=O) groups excluding carboxylic acids is 1. The number of rotatable bonds is 1. The Morgan fingerprint density at radius 3 is 2.00 bits per heavy atom. The molecule has 1 aliphatic rings. The highest BCUT2D eigenvalue weighted by molar-refractivity contribution is 5.60. The SMILES string of the molecule is CC(=O)[O-].CCN1CCCCC1. The lowest BCUT2D eigenvalue weighted by Crippen LogP contribution is -2.29. The molecule has 0 unspecified atom stereocenters. The summed E-state index contributed by atoms with van der Waals surface area (Å²) in [7, 11) is 0. The average molecular weight is 172 g/mol. The van der Waals surface area contributed by atoms with E-state index in [1.165, 1.54) is 38.9 Å². The van der Waals surface area contributed by atoms with Gasteiger partial charge in [-0.2, -0.15) is 0 Å². The fourth-order valence-corrected chi connectivity index (χ4v) is 1.28. The van der Waals surface area contributed by atoms with Crippen molar-refractivity contribution in [3.05, 3.63) is 0 Å². The van der Waals surface area contributed by atoms with E-state index in [0.29, 0.717) is 0 Å². The number of aliphatic carboxylic acids is 1. The van der Waals surface area contributed by atoms with Crippen molar-refractivity contribution in [2.24, 2.45) is 0 Å². The summed E-state index contributed by atoms with van der Waals surface area (Å²) in [5.74, 6) is -1.08. The molecule has 1 fully saturated rings. The maximum Gasteiger partial charge on any atom is 0.0383 e. The summed E-state index contributed by atoms with van der Waals surface area (Å²) in [6, 6.07) is 0. The van der Waals surface area contributed by atoms with Gasteiger partial charge in [-0.3, -0.25) is 0 Å². The number of carbonyl (C=O) groups is 1. The largest absolute Gasteiger partial charge is 0.550 e. The molecule has 12 heavy (non-hydrogen) atoms. The minimum absolute atomic E-state index is 0.972. The van der Waals surface area contributed by atoms with Gasteiger partial charge in [0.05, 0.1) is 0 Å². The second kappa shape index (κ2) is 7.10. The first-order chi connectivity index (χ1) is 5.66. The zero-order valence-electron chi connectivity index (χ0n) is 8.01. The Kier molecular flexibility index (Phi) is 6.76. The van der Waals surface area contributed by atoms with Crippen LogP contribution in [0.15, 0.2) is 0 Å². The summed E-state index contributed by atoms with van der Waals surface area (Å²) in [5.41, 5.74) is 0. The van der Waals surface area contributed by atoms with Crippen molar-refractivity contribution >= 4 is 5.97 Å². The highest BCUT2D eigenvalue weighted by Gasteiger charge is 2.05. The summed E-state index contributed by atoms with van der Waals surface area (Å²) >= 11 is 0. The number of carboxylic acids is 1. The van der Waals surface area contributed by atoms with E-state index in [9.17, 15) is 0 Å². The Bertz CT molecular complexity index is 116. The van der Waals surface area contributed by atoms with Crippen molar-refractivity contribution in [3.63, 3.8) is 0 Å². The summed E-state index contributed by atoms with van der Waals surface area (Å²) in [5, 5.41) is 8.89. The molecule has 0 bridgehead atoms. The fourth-order valence-electron chi connectivity index (χ4n) is 1.28. The van der Waals surface area contributed by atoms with Crippen molar-refractivity contribution in [3.8, 4) is 0 Å². The van der Waals surface area contributed by atoms with Crippen molar-refractivity contribution < 1.29 is 9.90 Å². The number of piperidine rings is 1. The third kappa shape index (κ3) is 7.54. The molecule has 0 saturated carbocycles. The molecule has 0 aromatic carbocycles. The average Bonchev–Trinajstić information content (AvgIpc) is 2.05. The second-order valence-corrected chi connectivity index (χ2v) is 2.99. The number of nitrogens with zero attached hydrogens (tertiary/aromatic N) is 1. The van der Waals surface area contributed by atoms with Crippen molar-refractivity contribution in [1.29, 1.82) is 0 Å². The van der Waals surface area contributed by atoms with E-state index in [2.05, 4.69) is 11.8 Å². The molecule has 0 aromatic heterocycles. The lowest BCUT2D eigenvalue weighted by Gasteiger charge is -2.24. The van der Waals surface area contributed by atoms with Gasteiger partial charge < -0.3 is 14.8 Å². The number of carboxylic acid groups (broad SMARTS) is 1. The van der Waals surface area contributed by atoms with Gasteiger partial charge in [0, 0.05) is 5.97 Å². The molecule has 0 N–H and O–H groups in total. The van der Waals surface area contributed by atoms with E-state index in [1.807, 2.05) is 0 Å². The predicted octanol–water partition coefficient (Wildman–Crippen LogP) is 0.248. The van der Waals surface area contributed by atoms with Crippen molar-refractivity contribution in [2.45, 2.75) is 33.1 Å². The fraction of sp³-hybridized carbons (Fsp3) is 0.889. The predicted molar refractivity (Wildman–Crippen MR) is 46.6 cm³/mol. The molecule has 1 aliphatic heterocycles. The highest BCUT2D eigenvalue weighted by Crippen LogP contribution is 2.06. The van der Waals surface area contributed by atoms with E-state index in [0.717, 1.165) is 6.92 Å². The van der Waals surface area contributed by atoms with Crippen LogP contribution in [0.4, 0.5) is 0 Å². The van der Waals surface area contributed by atoms with Gasteiger partial charge in [0.1, 0.15) is 0 Å². The zero-order valence-corrected chi connectivity index (χ0v) is 8.01. The monoisotopic (exact) mass is 172 g/mol. The van der Waals surface area contributed by atoms with Gasteiger partial charge in [-0.25, -0.2) is 0 Å². The van der Waals surface area contributed by atoms with Crippen LogP contribution in [0.2, 0.25) is 0 Å². The van der Waals surface area contributed by atoms with Crippen LogP contribution in [0, 0.1) is 0 Å². The smallest absolute Gasteiger partial charge is 0.0383 e. The van der Waals surface area contributed by atoms with Crippen molar-refractivity contribution in [2.75, 3.05) is 19.6 Å². The Labute approximate surface area is 74.4 Å². The molecule has 0 aromatic rings. The number of likely N-dealkylation sites (tertiary alicyclic amines) is 1. The van der Waals surface area contributed by atoms with Gasteiger partial charge in [-0.15, -0.1) is 0 Å². The first kappa shape index (κ1) is 11.4. The number of hydrogen-bond acceptors (Lipinski definition) is 3. The van der Waals surface area contributed by atoms with E-state index < -0.39 is 5.97 Å². The Morgan fingerprint density at radius 2 is 1.75 bits per heavy atom. The van der Waals surface area contributed by atoms with Crippen LogP contribution in [0.5, 0.6) is 0 Å². The van der Waals surface area contributed by atoms with Crippen LogP contribution in [-0.4, -0.2) is 30.5 Å². The van der Waals surface area contributed by atoms with Gasteiger partial charge in [-0.05, 0) is 39.4 Å². The van der Waals surface area contributed by atoms with Gasteiger partial charge in [-0.1, -0.05) is 13.3 Å². The van der Waals surface area contributed by atoms with Crippen LogP contribution in [0.1, 0.15) is 33.1 Å². The Morgan fingerprint density at radius 1 is 1.33 bits per heavy atom. The molecule has 72 valence electrons. The van der Waals surface area contributed by atoms with E-state index in [4.69, 9.17) is 9.90 Å². The normalized spacial score (nSPS) is 17.8. The minimum atomic E-state index is -1.08. The number of hydrogen-bond donors (Lipinski definition) is 0. The molecule has 3 heteroatoms. The van der Waals surface area contributed by atoms with Crippen LogP contribution < -0.4 is 5.11 Å². The van der Waals surface area contributed by atoms with Crippen LogP contribution in [-0.2, 0) is 4.79 Å². The topological polar surface area (TPSA) is 43.4 Å². The van der Waals surface area contributed by atoms with Crippen molar-refractivity contribution in [1.82, 2.24) is 4.90 Å². The third-order valence-corrected chi connectivity index (χ3v) is 1.90. The molecule has 0 amide bonds. The molecule has 0 spiro atoms. The van der Waals surface area contributed by atoms with E-state index >= 15 is 0 Å². The lowest BCUT2D eigenvalue weighted by molar-refractivity contribution is -0.302. The molecule has 1 saturated heterocycles. The molecule has 1 rings (SSSR count). The molecular weight excluding hydrogens is 154 g/mol.